The van der Waals surface area contributed by atoms with Crippen LogP contribution in [0.2, 0.25) is 0 Å². The number of fused-ring (bicyclic) bond motifs is 1. The molecule has 0 atom stereocenters. The molecule has 126 valence electrons. The average Bonchev–Trinajstić information content (AvgIpc) is 2.73. The second-order valence-electron chi connectivity index (χ2n) is 6.45. The summed E-state index contributed by atoms with van der Waals surface area (Å²) < 4.78 is 0. The number of nitriles is 1. The van der Waals surface area contributed by atoms with Gasteiger partial charge in [-0.1, -0.05) is 60.7 Å². The van der Waals surface area contributed by atoms with Gasteiger partial charge in [0.25, 0.3) is 5.91 Å². The Bertz CT molecular complexity index is 1020. The summed E-state index contributed by atoms with van der Waals surface area (Å²) in [4.78, 5) is 15.1. The summed E-state index contributed by atoms with van der Waals surface area (Å²) in [5.41, 5.74) is 5.37. The van der Waals surface area contributed by atoms with Crippen LogP contribution in [-0.4, -0.2) is 17.4 Å². The fraction of sp³-hybridized carbons (Fsp3) is 0.130. The largest absolute Gasteiger partial charge is 0.334 e. The van der Waals surface area contributed by atoms with Crippen LogP contribution < -0.4 is 0 Å². The molecule has 1 aliphatic heterocycles. The molecule has 0 saturated heterocycles. The van der Waals surface area contributed by atoms with Crippen molar-refractivity contribution >= 4 is 5.91 Å². The van der Waals surface area contributed by atoms with Gasteiger partial charge in [-0.2, -0.15) is 5.26 Å². The quantitative estimate of drug-likeness (QED) is 0.694. The van der Waals surface area contributed by atoms with Gasteiger partial charge in [-0.25, -0.2) is 0 Å². The third-order valence-electron chi connectivity index (χ3n) is 4.91. The van der Waals surface area contributed by atoms with Crippen LogP contribution >= 0.6 is 0 Å². The molecule has 1 aliphatic rings. The molecule has 0 radical (unpaired) electrons. The van der Waals surface area contributed by atoms with Crippen molar-refractivity contribution in [2.45, 2.75) is 13.0 Å². The van der Waals surface area contributed by atoms with Crippen LogP contribution in [0.1, 0.15) is 27.0 Å². The Hall–Kier alpha value is -3.38. The van der Waals surface area contributed by atoms with Gasteiger partial charge in [-0.3, -0.25) is 4.79 Å². The Kier molecular flexibility index (Phi) is 4.25. The second kappa shape index (κ2) is 6.85. The van der Waals surface area contributed by atoms with Gasteiger partial charge in [-0.15, -0.1) is 0 Å². The van der Waals surface area contributed by atoms with Crippen molar-refractivity contribution in [3.63, 3.8) is 0 Å². The Morgan fingerprint density at radius 2 is 1.50 bits per heavy atom. The van der Waals surface area contributed by atoms with Crippen molar-refractivity contribution in [2.75, 3.05) is 6.54 Å². The SMILES string of the molecule is N#Cc1ccccc1-c1ccccc1C(=O)N1CCc2ccccc2C1. The highest BCUT2D eigenvalue weighted by Gasteiger charge is 2.24. The maximum absolute atomic E-state index is 13.2. The lowest BCUT2D eigenvalue weighted by Crippen LogP contribution is -2.36. The van der Waals surface area contributed by atoms with E-state index in [0.29, 0.717) is 24.2 Å². The lowest BCUT2D eigenvalue weighted by atomic mass is 9.94. The molecule has 3 aromatic rings. The fourth-order valence-corrected chi connectivity index (χ4v) is 3.56. The van der Waals surface area contributed by atoms with E-state index in [4.69, 9.17) is 0 Å². The number of carbonyl (C=O) groups is 1. The molecule has 1 amide bonds. The highest BCUT2D eigenvalue weighted by Crippen LogP contribution is 2.29. The van der Waals surface area contributed by atoms with Gasteiger partial charge in [0.1, 0.15) is 0 Å². The van der Waals surface area contributed by atoms with Crippen molar-refractivity contribution < 1.29 is 4.79 Å². The van der Waals surface area contributed by atoms with E-state index in [1.807, 2.05) is 59.5 Å². The Labute approximate surface area is 153 Å². The zero-order valence-corrected chi connectivity index (χ0v) is 14.4. The number of rotatable bonds is 2. The molecule has 3 aromatic carbocycles. The van der Waals surface area contributed by atoms with Crippen LogP contribution in [0.3, 0.4) is 0 Å². The third-order valence-corrected chi connectivity index (χ3v) is 4.91. The minimum Gasteiger partial charge on any atom is -0.334 e. The summed E-state index contributed by atoms with van der Waals surface area (Å²) in [5, 5.41) is 9.42. The first-order valence-corrected chi connectivity index (χ1v) is 8.72. The van der Waals surface area contributed by atoms with Crippen molar-refractivity contribution in [2.24, 2.45) is 0 Å². The first-order valence-electron chi connectivity index (χ1n) is 8.72. The van der Waals surface area contributed by atoms with E-state index in [-0.39, 0.29) is 5.91 Å². The molecule has 0 unspecified atom stereocenters. The van der Waals surface area contributed by atoms with Crippen LogP contribution in [-0.2, 0) is 13.0 Å². The maximum atomic E-state index is 13.2. The smallest absolute Gasteiger partial charge is 0.254 e. The van der Waals surface area contributed by atoms with E-state index < -0.39 is 0 Å². The van der Waals surface area contributed by atoms with Gasteiger partial charge in [-0.05, 0) is 35.2 Å². The monoisotopic (exact) mass is 338 g/mol. The summed E-state index contributed by atoms with van der Waals surface area (Å²) in [5.74, 6) is 0.0165. The van der Waals surface area contributed by atoms with Crippen molar-refractivity contribution in [1.82, 2.24) is 4.90 Å². The van der Waals surface area contributed by atoms with E-state index in [1.165, 1.54) is 11.1 Å². The zero-order chi connectivity index (χ0) is 17.9. The minimum absolute atomic E-state index is 0.0165. The summed E-state index contributed by atoms with van der Waals surface area (Å²) in [6, 6.07) is 25.5. The summed E-state index contributed by atoms with van der Waals surface area (Å²) in [6.07, 6.45) is 0.874. The van der Waals surface area contributed by atoms with Gasteiger partial charge in [0.15, 0.2) is 0 Å². The molecule has 0 bridgehead atoms. The van der Waals surface area contributed by atoms with Crippen LogP contribution in [0.5, 0.6) is 0 Å². The number of amides is 1. The molecule has 0 fully saturated rings. The Morgan fingerprint density at radius 1 is 0.846 bits per heavy atom. The van der Waals surface area contributed by atoms with E-state index in [0.717, 1.165) is 17.5 Å². The number of carbonyl (C=O) groups excluding carboxylic acids is 1. The number of nitrogens with zero attached hydrogens (tertiary/aromatic N) is 2. The van der Waals surface area contributed by atoms with Gasteiger partial charge >= 0.3 is 0 Å². The van der Waals surface area contributed by atoms with Gasteiger partial charge in [0.05, 0.1) is 11.6 Å². The molecule has 0 saturated carbocycles. The third kappa shape index (κ3) is 2.87. The zero-order valence-electron chi connectivity index (χ0n) is 14.4. The predicted molar refractivity (Wildman–Crippen MR) is 101 cm³/mol. The van der Waals surface area contributed by atoms with Crippen molar-refractivity contribution in [1.29, 1.82) is 5.26 Å². The summed E-state index contributed by atoms with van der Waals surface area (Å²) >= 11 is 0. The standard InChI is InChI=1S/C23H18N2O/c24-15-18-8-3-4-10-20(18)21-11-5-6-12-22(21)23(26)25-14-13-17-7-1-2-9-19(17)16-25/h1-12H,13-14,16H2. The first-order chi connectivity index (χ1) is 12.8. The van der Waals surface area contributed by atoms with E-state index in [1.54, 1.807) is 6.07 Å². The predicted octanol–water partition coefficient (Wildman–Crippen LogP) is 4.42. The second-order valence-corrected chi connectivity index (χ2v) is 6.45. The minimum atomic E-state index is 0.0165. The first kappa shape index (κ1) is 16.1. The molecule has 3 nitrogen and oxygen atoms in total. The fourth-order valence-electron chi connectivity index (χ4n) is 3.56. The number of benzene rings is 3. The molecule has 1 heterocycles. The number of hydrogen-bond acceptors (Lipinski definition) is 2. The van der Waals surface area contributed by atoms with Crippen molar-refractivity contribution in [3.05, 3.63) is 95.1 Å². The molecule has 3 heteroatoms. The Morgan fingerprint density at radius 3 is 2.31 bits per heavy atom. The molecule has 0 aromatic heterocycles. The summed E-state index contributed by atoms with van der Waals surface area (Å²) in [7, 11) is 0. The van der Waals surface area contributed by atoms with Crippen LogP contribution in [0, 0.1) is 11.3 Å². The topological polar surface area (TPSA) is 44.1 Å². The van der Waals surface area contributed by atoms with Gasteiger partial charge in [0, 0.05) is 24.2 Å². The molecule has 4 rings (SSSR count). The highest BCUT2D eigenvalue weighted by atomic mass is 16.2. The molecule has 0 aliphatic carbocycles. The van der Waals surface area contributed by atoms with E-state index in [9.17, 15) is 10.1 Å². The lowest BCUT2D eigenvalue weighted by Gasteiger charge is -2.29. The maximum Gasteiger partial charge on any atom is 0.254 e. The van der Waals surface area contributed by atoms with Gasteiger partial charge in [0.2, 0.25) is 0 Å². The normalized spacial score (nSPS) is 13.0. The van der Waals surface area contributed by atoms with Crippen LogP contribution in [0.4, 0.5) is 0 Å². The average molecular weight is 338 g/mol. The number of hydrogen-bond donors (Lipinski definition) is 0. The van der Waals surface area contributed by atoms with E-state index in [2.05, 4.69) is 18.2 Å². The summed E-state index contributed by atoms with van der Waals surface area (Å²) in [6.45, 7) is 1.34. The Balaban J connectivity index is 1.71. The molecular formula is C23H18N2O. The van der Waals surface area contributed by atoms with Crippen LogP contribution in [0.25, 0.3) is 11.1 Å². The van der Waals surface area contributed by atoms with Gasteiger partial charge < -0.3 is 4.90 Å². The highest BCUT2D eigenvalue weighted by molar-refractivity contribution is 6.01. The van der Waals surface area contributed by atoms with E-state index >= 15 is 0 Å². The molecule has 0 N–H and O–H groups in total. The molecular weight excluding hydrogens is 320 g/mol. The molecule has 26 heavy (non-hydrogen) atoms. The van der Waals surface area contributed by atoms with Crippen LogP contribution in [0.15, 0.2) is 72.8 Å². The molecule has 0 spiro atoms. The van der Waals surface area contributed by atoms with Crippen molar-refractivity contribution in [3.8, 4) is 17.2 Å². The lowest BCUT2D eigenvalue weighted by molar-refractivity contribution is 0.0735.